The van der Waals surface area contributed by atoms with Crippen molar-refractivity contribution in [2.45, 2.75) is 32.0 Å². The first-order valence-corrected chi connectivity index (χ1v) is 11.3. The monoisotopic (exact) mass is 489 g/mol. The van der Waals surface area contributed by atoms with Crippen LogP contribution in [0.25, 0.3) is 4.85 Å². The van der Waals surface area contributed by atoms with Gasteiger partial charge >= 0.3 is 6.18 Å². The summed E-state index contributed by atoms with van der Waals surface area (Å²) in [5, 5.41) is -0.0436. The fraction of sp³-hybridized carbons (Fsp3) is 0.474. The molecular formula is C19H22F3N5O3S2. The van der Waals surface area contributed by atoms with Gasteiger partial charge in [-0.1, -0.05) is 6.07 Å². The number of nitrogens with zero attached hydrogens (tertiary/aromatic N) is 5. The summed E-state index contributed by atoms with van der Waals surface area (Å²) in [6.45, 7) is 10.1. The molecule has 13 heteroatoms. The van der Waals surface area contributed by atoms with Gasteiger partial charge in [-0.3, -0.25) is 9.69 Å². The van der Waals surface area contributed by atoms with Gasteiger partial charge in [-0.25, -0.2) is 13.3 Å². The van der Waals surface area contributed by atoms with Crippen molar-refractivity contribution in [1.29, 1.82) is 0 Å². The predicted octanol–water partition coefficient (Wildman–Crippen LogP) is 3.28. The number of benzene rings is 1. The van der Waals surface area contributed by atoms with Crippen LogP contribution in [-0.2, 0) is 21.0 Å². The maximum Gasteiger partial charge on any atom is 0.407 e. The Morgan fingerprint density at radius 2 is 1.94 bits per heavy atom. The number of thiocarbonyl (C=S) groups is 1. The van der Waals surface area contributed by atoms with Crippen molar-refractivity contribution >= 4 is 51.0 Å². The second kappa shape index (κ2) is 9.03. The summed E-state index contributed by atoms with van der Waals surface area (Å²) in [4.78, 5) is 19.8. The van der Waals surface area contributed by atoms with E-state index in [1.807, 2.05) is 0 Å². The highest BCUT2D eigenvalue weighted by molar-refractivity contribution is 7.90. The van der Waals surface area contributed by atoms with E-state index in [-0.39, 0.29) is 29.5 Å². The zero-order valence-electron chi connectivity index (χ0n) is 17.8. The van der Waals surface area contributed by atoms with Crippen molar-refractivity contribution < 1.29 is 26.4 Å². The molecule has 1 amide bonds. The number of carbonyl (C=O) groups is 1. The maximum atomic E-state index is 13.4. The first-order valence-electron chi connectivity index (χ1n) is 9.31. The molecule has 0 unspecified atom stereocenters. The molecule has 1 aliphatic heterocycles. The summed E-state index contributed by atoms with van der Waals surface area (Å²) in [5.74, 6) is -0.849. The molecule has 0 aromatic heterocycles. The molecule has 8 nitrogen and oxygen atoms in total. The van der Waals surface area contributed by atoms with E-state index < -0.39 is 38.9 Å². The summed E-state index contributed by atoms with van der Waals surface area (Å²) in [7, 11) is -0.477. The highest BCUT2D eigenvalue weighted by Crippen LogP contribution is 2.40. The molecule has 32 heavy (non-hydrogen) atoms. The fourth-order valence-electron chi connectivity index (χ4n) is 3.05. The third-order valence-corrected chi connectivity index (χ3v) is 6.33. The van der Waals surface area contributed by atoms with E-state index in [1.54, 1.807) is 27.9 Å². The largest absolute Gasteiger partial charge is 0.407 e. The van der Waals surface area contributed by atoms with Crippen LogP contribution < -0.4 is 4.90 Å². The van der Waals surface area contributed by atoms with E-state index >= 15 is 0 Å². The van der Waals surface area contributed by atoms with Gasteiger partial charge in [0.2, 0.25) is 0 Å². The molecule has 2 rings (SSSR count). The SMILES string of the molecule is [C-]#[N+]c1ccc(N2C(=O)C(C)(C)N(CCCS(=O)(=O)/N=C/N(C)C)C2=S)cc1C(F)(F)F. The standard InChI is InChI=1S/C19H22F3N5O3S2/c1-18(2)16(28)27(13-7-8-15(23-3)14(11-13)19(20,21)22)17(31)26(18)9-6-10-32(29,30)24-12-25(4)5/h7-8,11-12H,6,9-10H2,1-2,4-5H3/b24-12+. The molecular weight excluding hydrogens is 467 g/mol. The van der Waals surface area contributed by atoms with Gasteiger partial charge in [0.1, 0.15) is 11.9 Å². The topological polar surface area (TPSA) is 77.6 Å². The Hall–Kier alpha value is -2.72. The average molecular weight is 490 g/mol. The summed E-state index contributed by atoms with van der Waals surface area (Å²) in [6.07, 6.45) is -3.52. The minimum absolute atomic E-state index is 0.0436. The summed E-state index contributed by atoms with van der Waals surface area (Å²) in [6, 6.07) is 2.94. The average Bonchev–Trinajstić information content (AvgIpc) is 2.84. The van der Waals surface area contributed by atoms with Crippen molar-refractivity contribution in [1.82, 2.24) is 9.80 Å². The minimum atomic E-state index is -4.78. The van der Waals surface area contributed by atoms with Crippen LogP contribution in [0.5, 0.6) is 0 Å². The van der Waals surface area contributed by atoms with E-state index in [4.69, 9.17) is 18.8 Å². The Morgan fingerprint density at radius 1 is 1.31 bits per heavy atom. The molecule has 1 fully saturated rings. The van der Waals surface area contributed by atoms with Crippen LogP contribution >= 0.6 is 12.2 Å². The number of halogens is 3. The lowest BCUT2D eigenvalue weighted by atomic mass is 10.0. The fourth-order valence-corrected chi connectivity index (χ4v) is 4.49. The number of anilines is 1. The number of amides is 1. The highest BCUT2D eigenvalue weighted by Gasteiger charge is 2.49. The van der Waals surface area contributed by atoms with E-state index in [1.165, 1.54) is 15.9 Å². The van der Waals surface area contributed by atoms with E-state index in [9.17, 15) is 26.4 Å². The molecule has 1 saturated heterocycles. The number of rotatable bonds is 7. The van der Waals surface area contributed by atoms with Gasteiger partial charge in [-0.15, -0.1) is 0 Å². The van der Waals surface area contributed by atoms with Crippen LogP contribution in [0.3, 0.4) is 0 Å². The third kappa shape index (κ3) is 5.36. The molecule has 1 heterocycles. The molecule has 0 atom stereocenters. The Balaban J connectivity index is 2.29. The normalized spacial score (nSPS) is 16.7. The second-order valence-electron chi connectivity index (χ2n) is 7.77. The van der Waals surface area contributed by atoms with Crippen LogP contribution in [0.15, 0.2) is 22.6 Å². The Bertz CT molecular complexity index is 1090. The third-order valence-electron chi connectivity index (χ3n) is 4.71. The summed E-state index contributed by atoms with van der Waals surface area (Å²) >= 11 is 5.36. The van der Waals surface area contributed by atoms with Crippen LogP contribution in [0.2, 0.25) is 0 Å². The van der Waals surface area contributed by atoms with Crippen molar-refractivity contribution in [3.8, 4) is 0 Å². The number of hydrogen-bond donors (Lipinski definition) is 0. The molecule has 0 bridgehead atoms. The number of hydrogen-bond acceptors (Lipinski definition) is 4. The first kappa shape index (κ1) is 25.5. The smallest absolute Gasteiger partial charge is 0.368 e. The highest BCUT2D eigenvalue weighted by atomic mass is 32.2. The van der Waals surface area contributed by atoms with Crippen molar-refractivity contribution in [3.63, 3.8) is 0 Å². The predicted molar refractivity (Wildman–Crippen MR) is 119 cm³/mol. The molecule has 0 spiro atoms. The molecule has 174 valence electrons. The van der Waals surface area contributed by atoms with E-state index in [2.05, 4.69) is 9.24 Å². The van der Waals surface area contributed by atoms with Crippen molar-refractivity contribution in [2.24, 2.45) is 4.40 Å². The Morgan fingerprint density at radius 3 is 2.47 bits per heavy atom. The summed E-state index contributed by atoms with van der Waals surface area (Å²) < 4.78 is 67.6. The maximum absolute atomic E-state index is 13.4. The van der Waals surface area contributed by atoms with Gasteiger partial charge in [0, 0.05) is 26.3 Å². The quantitative estimate of drug-likeness (QED) is 0.253. The van der Waals surface area contributed by atoms with Gasteiger partial charge < -0.3 is 9.80 Å². The lowest BCUT2D eigenvalue weighted by Gasteiger charge is -2.29. The zero-order valence-corrected chi connectivity index (χ0v) is 19.5. The van der Waals surface area contributed by atoms with Crippen LogP contribution in [0.4, 0.5) is 24.5 Å². The van der Waals surface area contributed by atoms with Gasteiger partial charge in [0.05, 0.1) is 17.9 Å². The van der Waals surface area contributed by atoms with Gasteiger partial charge in [-0.2, -0.15) is 17.6 Å². The van der Waals surface area contributed by atoms with Crippen LogP contribution in [0, 0.1) is 6.57 Å². The molecule has 0 N–H and O–H groups in total. The molecule has 0 aliphatic carbocycles. The molecule has 1 aromatic rings. The van der Waals surface area contributed by atoms with Crippen molar-refractivity contribution in [3.05, 3.63) is 35.2 Å². The van der Waals surface area contributed by atoms with Gasteiger partial charge in [0.15, 0.2) is 10.8 Å². The number of carbonyl (C=O) groups excluding carboxylic acids is 1. The molecule has 1 aromatic carbocycles. The lowest BCUT2D eigenvalue weighted by Crippen LogP contribution is -2.44. The molecule has 0 radical (unpaired) electrons. The van der Waals surface area contributed by atoms with Crippen molar-refractivity contribution in [2.75, 3.05) is 31.3 Å². The van der Waals surface area contributed by atoms with E-state index in [0.29, 0.717) is 0 Å². The van der Waals surface area contributed by atoms with Crippen LogP contribution in [-0.4, -0.2) is 67.5 Å². The Labute approximate surface area is 190 Å². The summed E-state index contributed by atoms with van der Waals surface area (Å²) in [5.41, 5.74) is -3.07. The second-order valence-corrected chi connectivity index (χ2v) is 9.92. The van der Waals surface area contributed by atoms with Crippen LogP contribution in [0.1, 0.15) is 25.8 Å². The van der Waals surface area contributed by atoms with Gasteiger partial charge in [-0.05, 0) is 44.6 Å². The zero-order chi connectivity index (χ0) is 24.5. The minimum Gasteiger partial charge on any atom is -0.368 e. The number of sulfonamides is 1. The molecule has 1 aliphatic rings. The van der Waals surface area contributed by atoms with Gasteiger partial charge in [0.25, 0.3) is 15.9 Å². The number of alkyl halides is 3. The van der Waals surface area contributed by atoms with E-state index in [0.717, 1.165) is 23.4 Å². The molecule has 0 saturated carbocycles. The first-order chi connectivity index (χ1) is 14.6. The Kier molecular flexibility index (Phi) is 7.21. The lowest BCUT2D eigenvalue weighted by molar-refractivity contribution is -0.136.